The van der Waals surface area contributed by atoms with Crippen LogP contribution in [0.1, 0.15) is 46.7 Å². The van der Waals surface area contributed by atoms with Crippen molar-refractivity contribution in [1.82, 2.24) is 9.55 Å². The molecular weight excluding hydrogens is 440 g/mol. The largest absolute Gasteiger partial charge is 0.451 e. The van der Waals surface area contributed by atoms with Gasteiger partial charge < -0.3 is 15.0 Å². The molecule has 1 fully saturated rings. The second-order valence-electron chi connectivity index (χ2n) is 8.54. The number of benzene rings is 1. The molecule has 9 heteroatoms. The Balaban J connectivity index is 1.22. The number of piperidine rings is 1. The van der Waals surface area contributed by atoms with Crippen LogP contribution in [-0.2, 0) is 22.5 Å². The zero-order chi connectivity index (χ0) is 22.9. The number of ether oxygens (including phenoxy) is 1. The van der Waals surface area contributed by atoms with Gasteiger partial charge in [0.05, 0.1) is 5.39 Å². The summed E-state index contributed by atoms with van der Waals surface area (Å²) in [6.45, 7) is 4.10. The summed E-state index contributed by atoms with van der Waals surface area (Å²) >= 11 is 1.15. The van der Waals surface area contributed by atoms with E-state index in [-0.39, 0.29) is 5.56 Å². The third-order valence-electron chi connectivity index (χ3n) is 6.30. The van der Waals surface area contributed by atoms with Gasteiger partial charge in [0.2, 0.25) is 0 Å². The number of nitrogens with one attached hydrogen (secondary N) is 1. The molecule has 0 radical (unpaired) electrons. The molecule has 1 aromatic carbocycles. The van der Waals surface area contributed by atoms with Crippen molar-refractivity contribution < 1.29 is 14.3 Å². The molecule has 0 spiro atoms. The first-order valence-electron chi connectivity index (χ1n) is 11.4. The minimum Gasteiger partial charge on any atom is -0.451 e. The van der Waals surface area contributed by atoms with Gasteiger partial charge in [-0.3, -0.25) is 14.2 Å². The van der Waals surface area contributed by atoms with E-state index in [0.29, 0.717) is 32.9 Å². The Bertz CT molecular complexity index is 1270. The first-order valence-corrected chi connectivity index (χ1v) is 12.2. The maximum Gasteiger partial charge on any atom is 0.349 e. The Morgan fingerprint density at radius 1 is 1.09 bits per heavy atom. The quantitative estimate of drug-likeness (QED) is 0.579. The van der Waals surface area contributed by atoms with Crippen LogP contribution in [0.2, 0.25) is 0 Å². The number of fused-ring (bicyclic) bond motifs is 2. The molecule has 1 saturated heterocycles. The number of thiophene rings is 1. The molecule has 0 aliphatic carbocycles. The summed E-state index contributed by atoms with van der Waals surface area (Å²) in [7, 11) is 0. The number of aromatic nitrogens is 2. The second-order valence-corrected chi connectivity index (χ2v) is 9.54. The van der Waals surface area contributed by atoms with E-state index in [2.05, 4.69) is 15.2 Å². The lowest BCUT2D eigenvalue weighted by Crippen LogP contribution is -2.29. The molecule has 2 aliphatic rings. The number of amides is 1. The average molecular weight is 467 g/mol. The number of carbonyl (C=O) groups excluding carboxylic acids is 2. The topological polar surface area (TPSA) is 93.5 Å². The first kappa shape index (κ1) is 21.6. The van der Waals surface area contributed by atoms with Crippen molar-refractivity contribution in [2.24, 2.45) is 0 Å². The number of carbonyl (C=O) groups is 2. The van der Waals surface area contributed by atoms with Gasteiger partial charge in [0.25, 0.3) is 11.5 Å². The lowest BCUT2D eigenvalue weighted by Gasteiger charge is -2.28. The molecule has 33 heavy (non-hydrogen) atoms. The Labute approximate surface area is 195 Å². The molecule has 4 heterocycles. The predicted molar refractivity (Wildman–Crippen MR) is 128 cm³/mol. The van der Waals surface area contributed by atoms with Gasteiger partial charge in [-0.1, -0.05) is 0 Å². The van der Waals surface area contributed by atoms with Crippen LogP contribution >= 0.6 is 11.3 Å². The van der Waals surface area contributed by atoms with E-state index >= 15 is 0 Å². The van der Waals surface area contributed by atoms with E-state index < -0.39 is 18.5 Å². The van der Waals surface area contributed by atoms with Crippen LogP contribution in [-0.4, -0.2) is 41.1 Å². The van der Waals surface area contributed by atoms with Gasteiger partial charge in [0, 0.05) is 37.4 Å². The maximum absolute atomic E-state index is 12.8. The highest BCUT2D eigenvalue weighted by Gasteiger charge is 2.24. The van der Waals surface area contributed by atoms with Crippen molar-refractivity contribution in [3.63, 3.8) is 0 Å². The number of nitrogens with zero attached hydrogens (tertiary/aromatic N) is 3. The lowest BCUT2D eigenvalue weighted by atomic mass is 10.1. The van der Waals surface area contributed by atoms with Gasteiger partial charge in [-0.15, -0.1) is 11.3 Å². The molecule has 0 bridgehead atoms. The Morgan fingerprint density at radius 3 is 2.61 bits per heavy atom. The summed E-state index contributed by atoms with van der Waals surface area (Å²) in [4.78, 5) is 45.5. The molecule has 2 aromatic heterocycles. The van der Waals surface area contributed by atoms with Crippen LogP contribution in [0.3, 0.4) is 0 Å². The van der Waals surface area contributed by atoms with Gasteiger partial charge in [-0.25, -0.2) is 9.78 Å². The SMILES string of the molecule is Cc1c(C(=O)OCC(=O)Nc2ccc(N3CCCCC3)cc2)sc2nc3n(c(=O)c12)CCC3. The van der Waals surface area contributed by atoms with Crippen LogP contribution in [0.5, 0.6) is 0 Å². The number of anilines is 2. The molecule has 3 aromatic rings. The van der Waals surface area contributed by atoms with Crippen LogP contribution in [0.25, 0.3) is 10.2 Å². The summed E-state index contributed by atoms with van der Waals surface area (Å²) in [5.74, 6) is -0.264. The Kier molecular flexibility index (Phi) is 5.88. The van der Waals surface area contributed by atoms with Crippen molar-refractivity contribution in [2.45, 2.75) is 45.6 Å². The second kappa shape index (κ2) is 8.97. The van der Waals surface area contributed by atoms with Crippen LogP contribution in [0, 0.1) is 6.92 Å². The normalized spacial score (nSPS) is 15.5. The molecule has 1 amide bonds. The van der Waals surface area contributed by atoms with Crippen molar-refractivity contribution in [1.29, 1.82) is 0 Å². The summed E-state index contributed by atoms with van der Waals surface area (Å²) in [6, 6.07) is 7.71. The van der Waals surface area contributed by atoms with Crippen molar-refractivity contribution in [2.75, 3.05) is 29.9 Å². The number of hydrogen-bond donors (Lipinski definition) is 1. The van der Waals surface area contributed by atoms with E-state index in [0.717, 1.165) is 48.8 Å². The van der Waals surface area contributed by atoms with Crippen LogP contribution in [0.15, 0.2) is 29.1 Å². The zero-order valence-corrected chi connectivity index (χ0v) is 19.4. The summed E-state index contributed by atoms with van der Waals surface area (Å²) in [5.41, 5.74) is 2.26. The van der Waals surface area contributed by atoms with E-state index in [4.69, 9.17) is 4.74 Å². The zero-order valence-electron chi connectivity index (χ0n) is 18.6. The highest BCUT2D eigenvalue weighted by atomic mass is 32.1. The molecule has 1 N–H and O–H groups in total. The third kappa shape index (κ3) is 4.25. The van der Waals surface area contributed by atoms with Crippen LogP contribution < -0.4 is 15.8 Å². The highest BCUT2D eigenvalue weighted by Crippen LogP contribution is 2.29. The minimum atomic E-state index is -0.615. The van der Waals surface area contributed by atoms with Gasteiger partial charge in [0.1, 0.15) is 15.5 Å². The van der Waals surface area contributed by atoms with Gasteiger partial charge in [-0.2, -0.15) is 0 Å². The maximum atomic E-state index is 12.8. The summed E-state index contributed by atoms with van der Waals surface area (Å²) in [5, 5.41) is 3.23. The fraction of sp³-hybridized carbons (Fsp3) is 0.417. The molecule has 172 valence electrons. The number of esters is 1. The van der Waals surface area contributed by atoms with Crippen molar-refractivity contribution >= 4 is 44.8 Å². The number of rotatable bonds is 5. The highest BCUT2D eigenvalue weighted by molar-refractivity contribution is 7.20. The smallest absolute Gasteiger partial charge is 0.349 e. The molecule has 8 nitrogen and oxygen atoms in total. The standard InChI is InChI=1S/C24H26N4O4S/c1-15-20-22(26-18-6-5-13-28(18)23(20)30)33-21(15)24(31)32-14-19(29)25-16-7-9-17(10-8-16)27-11-3-2-4-12-27/h7-10H,2-6,11-14H2,1H3,(H,25,29). The monoisotopic (exact) mass is 466 g/mol. The molecule has 0 unspecified atom stereocenters. The predicted octanol–water partition coefficient (Wildman–Crippen LogP) is 3.50. The Hall–Kier alpha value is -3.20. The van der Waals surface area contributed by atoms with Crippen LogP contribution in [0.4, 0.5) is 11.4 Å². The third-order valence-corrected chi connectivity index (χ3v) is 7.47. The fourth-order valence-electron chi connectivity index (χ4n) is 4.57. The molecule has 5 rings (SSSR count). The molecular formula is C24H26N4O4S. The fourth-order valence-corrected chi connectivity index (χ4v) is 5.66. The first-order chi connectivity index (χ1) is 16.0. The number of hydrogen-bond acceptors (Lipinski definition) is 7. The lowest BCUT2D eigenvalue weighted by molar-refractivity contribution is -0.119. The minimum absolute atomic E-state index is 0.106. The van der Waals surface area contributed by atoms with Gasteiger partial charge in [0.15, 0.2) is 6.61 Å². The van der Waals surface area contributed by atoms with E-state index in [1.165, 1.54) is 19.3 Å². The van der Waals surface area contributed by atoms with Crippen molar-refractivity contribution in [3.05, 3.63) is 50.9 Å². The van der Waals surface area contributed by atoms with Gasteiger partial charge in [-0.05, 0) is 62.4 Å². The molecule has 2 aliphatic heterocycles. The Morgan fingerprint density at radius 2 is 1.85 bits per heavy atom. The van der Waals surface area contributed by atoms with Gasteiger partial charge >= 0.3 is 5.97 Å². The van der Waals surface area contributed by atoms with E-state index in [9.17, 15) is 14.4 Å². The van der Waals surface area contributed by atoms with Crippen molar-refractivity contribution in [3.8, 4) is 0 Å². The average Bonchev–Trinajstić information content (AvgIpc) is 3.43. The number of aryl methyl sites for hydroxylation is 2. The molecule has 0 atom stereocenters. The van der Waals surface area contributed by atoms with E-state index in [1.807, 2.05) is 24.3 Å². The summed E-state index contributed by atoms with van der Waals surface area (Å²) < 4.78 is 6.93. The molecule has 0 saturated carbocycles. The van der Waals surface area contributed by atoms with E-state index in [1.54, 1.807) is 11.5 Å². The summed E-state index contributed by atoms with van der Waals surface area (Å²) in [6.07, 6.45) is 5.36.